The molecule has 162 valence electrons. The number of benzene rings is 1. The highest BCUT2D eigenvalue weighted by Gasteiger charge is 2.39. The van der Waals surface area contributed by atoms with Crippen molar-refractivity contribution in [2.75, 3.05) is 38.3 Å². The Morgan fingerprint density at radius 2 is 1.93 bits per heavy atom. The number of pyridine rings is 1. The van der Waals surface area contributed by atoms with Gasteiger partial charge < -0.3 is 14.4 Å². The maximum absolute atomic E-state index is 6.18. The summed E-state index contributed by atoms with van der Waals surface area (Å²) in [6.07, 6.45) is 4.03. The lowest BCUT2D eigenvalue weighted by Gasteiger charge is -2.49. The Labute approximate surface area is 188 Å². The van der Waals surface area contributed by atoms with Gasteiger partial charge in [0.2, 0.25) is 0 Å². The van der Waals surface area contributed by atoms with E-state index in [9.17, 15) is 0 Å². The second-order valence-electron chi connectivity index (χ2n) is 8.23. The fourth-order valence-corrected chi connectivity index (χ4v) is 4.91. The molecular weight excluding hydrogens is 421 g/mol. The van der Waals surface area contributed by atoms with E-state index < -0.39 is 0 Å². The van der Waals surface area contributed by atoms with Crippen molar-refractivity contribution in [3.05, 3.63) is 58.2 Å². The van der Waals surface area contributed by atoms with Gasteiger partial charge in [-0.25, -0.2) is 4.98 Å². The molecular formula is C23H29Cl2N3O2. The first-order valence-corrected chi connectivity index (χ1v) is 11.3. The van der Waals surface area contributed by atoms with Gasteiger partial charge in [0.15, 0.2) is 0 Å². The molecule has 0 unspecified atom stereocenters. The molecule has 0 bridgehead atoms. The van der Waals surface area contributed by atoms with Crippen molar-refractivity contribution in [3.63, 3.8) is 0 Å². The van der Waals surface area contributed by atoms with E-state index in [1.54, 1.807) is 6.20 Å². The zero-order valence-corrected chi connectivity index (χ0v) is 19.0. The lowest BCUT2D eigenvalue weighted by atomic mass is 9.94. The molecule has 1 aromatic carbocycles. The predicted molar refractivity (Wildman–Crippen MR) is 122 cm³/mol. The van der Waals surface area contributed by atoms with Crippen LogP contribution in [0.3, 0.4) is 0 Å². The number of hydrogen-bond acceptors (Lipinski definition) is 5. The molecule has 2 fully saturated rings. The third-order valence-electron chi connectivity index (χ3n) is 6.18. The number of rotatable bonds is 5. The van der Waals surface area contributed by atoms with Gasteiger partial charge in [-0.15, -0.1) is 0 Å². The van der Waals surface area contributed by atoms with Gasteiger partial charge in [0.25, 0.3) is 0 Å². The molecule has 0 saturated carbocycles. The Hall–Kier alpha value is -1.37. The van der Waals surface area contributed by atoms with Crippen LogP contribution in [0, 0.1) is 0 Å². The Bertz CT molecular complexity index is 835. The van der Waals surface area contributed by atoms with E-state index in [4.69, 9.17) is 32.7 Å². The number of nitrogens with zero attached hydrogens (tertiary/aromatic N) is 3. The first-order chi connectivity index (χ1) is 14.5. The number of hydrogen-bond donors (Lipinski definition) is 0. The fourth-order valence-electron chi connectivity index (χ4n) is 4.63. The molecule has 2 aromatic rings. The zero-order chi connectivity index (χ0) is 21.1. The van der Waals surface area contributed by atoms with Gasteiger partial charge in [-0.3, -0.25) is 4.90 Å². The first kappa shape index (κ1) is 21.8. The quantitative estimate of drug-likeness (QED) is 0.679. The van der Waals surface area contributed by atoms with Crippen molar-refractivity contribution in [2.45, 2.75) is 44.1 Å². The van der Waals surface area contributed by atoms with E-state index in [0.29, 0.717) is 17.1 Å². The smallest absolute Gasteiger partial charge is 0.130 e. The average Bonchev–Trinajstić information content (AvgIpc) is 2.76. The number of anilines is 1. The normalized spacial score (nSPS) is 27.9. The highest BCUT2D eigenvalue weighted by molar-refractivity contribution is 6.31. The van der Waals surface area contributed by atoms with E-state index in [1.165, 1.54) is 5.56 Å². The molecule has 2 aliphatic heterocycles. The van der Waals surface area contributed by atoms with Crippen molar-refractivity contribution in [1.29, 1.82) is 0 Å². The maximum atomic E-state index is 6.18. The SMILES string of the molecule is CO[C@@H]1CN(c2cc(Cl)ccn2)CC[C@@H]1N1C[C@H](C)OC[C@@H]1Cc1ccc(Cl)cc1. The summed E-state index contributed by atoms with van der Waals surface area (Å²) >= 11 is 12.2. The first-order valence-electron chi connectivity index (χ1n) is 10.5. The molecule has 3 heterocycles. The fraction of sp³-hybridized carbons (Fsp3) is 0.522. The minimum absolute atomic E-state index is 0.0950. The summed E-state index contributed by atoms with van der Waals surface area (Å²) in [5, 5.41) is 1.48. The van der Waals surface area contributed by atoms with Gasteiger partial charge in [-0.05, 0) is 49.6 Å². The van der Waals surface area contributed by atoms with Crippen molar-refractivity contribution in [3.8, 4) is 0 Å². The van der Waals surface area contributed by atoms with Crippen molar-refractivity contribution < 1.29 is 9.47 Å². The van der Waals surface area contributed by atoms with Crippen LogP contribution >= 0.6 is 23.2 Å². The minimum Gasteiger partial charge on any atom is -0.378 e. The number of methoxy groups -OCH3 is 1. The summed E-state index contributed by atoms with van der Waals surface area (Å²) in [6, 6.07) is 12.5. The van der Waals surface area contributed by atoms with Gasteiger partial charge in [0, 0.05) is 55.1 Å². The molecule has 4 atom stereocenters. The number of aromatic nitrogens is 1. The van der Waals surface area contributed by atoms with Crippen LogP contribution in [0.2, 0.25) is 10.0 Å². The van der Waals surface area contributed by atoms with Crippen LogP contribution in [0.4, 0.5) is 5.82 Å². The number of halogens is 2. The Morgan fingerprint density at radius 1 is 1.13 bits per heavy atom. The second kappa shape index (κ2) is 9.84. The lowest BCUT2D eigenvalue weighted by molar-refractivity contribution is -0.101. The topological polar surface area (TPSA) is 37.8 Å². The Morgan fingerprint density at radius 3 is 2.67 bits per heavy atom. The van der Waals surface area contributed by atoms with Crippen LogP contribution < -0.4 is 4.90 Å². The van der Waals surface area contributed by atoms with Crippen LogP contribution in [0.25, 0.3) is 0 Å². The summed E-state index contributed by atoms with van der Waals surface area (Å²) in [5.41, 5.74) is 1.28. The number of piperidine rings is 1. The van der Waals surface area contributed by atoms with Crippen LogP contribution in [-0.2, 0) is 15.9 Å². The highest BCUT2D eigenvalue weighted by Crippen LogP contribution is 2.29. The van der Waals surface area contributed by atoms with E-state index in [1.807, 2.05) is 31.4 Å². The van der Waals surface area contributed by atoms with Gasteiger partial charge in [-0.1, -0.05) is 35.3 Å². The van der Waals surface area contributed by atoms with Crippen molar-refractivity contribution in [2.24, 2.45) is 0 Å². The maximum Gasteiger partial charge on any atom is 0.130 e. The number of morpholine rings is 1. The molecule has 0 aliphatic carbocycles. The predicted octanol–water partition coefficient (Wildman–Crippen LogP) is 4.31. The zero-order valence-electron chi connectivity index (χ0n) is 17.5. The third-order valence-corrected chi connectivity index (χ3v) is 6.67. The molecule has 1 aromatic heterocycles. The van der Waals surface area contributed by atoms with Crippen LogP contribution in [0.15, 0.2) is 42.6 Å². The summed E-state index contributed by atoms with van der Waals surface area (Å²) < 4.78 is 12.0. The van der Waals surface area contributed by atoms with Crippen molar-refractivity contribution in [1.82, 2.24) is 9.88 Å². The Balaban J connectivity index is 1.49. The average molecular weight is 450 g/mol. The molecule has 2 aliphatic rings. The largest absolute Gasteiger partial charge is 0.378 e. The van der Waals surface area contributed by atoms with E-state index >= 15 is 0 Å². The van der Waals surface area contributed by atoms with E-state index in [-0.39, 0.29) is 12.2 Å². The molecule has 30 heavy (non-hydrogen) atoms. The third kappa shape index (κ3) is 5.09. The Kier molecular flexibility index (Phi) is 7.16. The molecule has 0 spiro atoms. The molecule has 0 N–H and O–H groups in total. The van der Waals surface area contributed by atoms with Crippen LogP contribution in [0.1, 0.15) is 18.9 Å². The number of ether oxygens (including phenoxy) is 2. The standard InChI is InChI=1S/C23H29Cl2N3O2/c1-16-13-28(20(15-30-16)11-17-3-5-18(24)6-4-17)21-8-10-27(14-22(21)29-2)23-12-19(25)7-9-26-23/h3-7,9,12,16,20-22H,8,10-11,13-15H2,1-2H3/t16-,20-,21-,22+/m0/s1. The monoisotopic (exact) mass is 449 g/mol. The van der Waals surface area contributed by atoms with Gasteiger partial charge >= 0.3 is 0 Å². The van der Waals surface area contributed by atoms with E-state index in [0.717, 1.165) is 49.9 Å². The summed E-state index contributed by atoms with van der Waals surface area (Å²) in [5.74, 6) is 0.913. The van der Waals surface area contributed by atoms with Crippen molar-refractivity contribution >= 4 is 29.0 Å². The van der Waals surface area contributed by atoms with Crippen LogP contribution in [-0.4, -0.2) is 67.5 Å². The summed E-state index contributed by atoms with van der Waals surface area (Å²) in [7, 11) is 1.81. The molecule has 7 heteroatoms. The van der Waals surface area contributed by atoms with Gasteiger partial charge in [0.1, 0.15) is 5.82 Å². The molecule has 2 saturated heterocycles. The molecule has 5 nitrogen and oxygen atoms in total. The van der Waals surface area contributed by atoms with Crippen LogP contribution in [0.5, 0.6) is 0 Å². The minimum atomic E-state index is 0.0950. The van der Waals surface area contributed by atoms with Gasteiger partial charge in [0.05, 0.1) is 18.8 Å². The molecule has 4 rings (SSSR count). The summed E-state index contributed by atoms with van der Waals surface area (Å²) in [4.78, 5) is 9.38. The summed E-state index contributed by atoms with van der Waals surface area (Å²) in [6.45, 7) is 5.53. The lowest BCUT2D eigenvalue weighted by Crippen LogP contribution is -2.62. The molecule has 0 radical (unpaired) electrons. The van der Waals surface area contributed by atoms with Gasteiger partial charge in [-0.2, -0.15) is 0 Å². The highest BCUT2D eigenvalue weighted by atomic mass is 35.5. The second-order valence-corrected chi connectivity index (χ2v) is 9.11. The van der Waals surface area contributed by atoms with E-state index in [2.05, 4.69) is 33.8 Å². The molecule has 0 amide bonds.